The van der Waals surface area contributed by atoms with Crippen molar-refractivity contribution in [3.63, 3.8) is 0 Å². The Morgan fingerprint density at radius 1 is 0.518 bits per heavy atom. The fraction of sp³-hybridized carbons (Fsp3) is 0.0566. The molecule has 2 atom stereocenters. The van der Waals surface area contributed by atoms with Crippen LogP contribution in [-0.4, -0.2) is 7.05 Å². The summed E-state index contributed by atoms with van der Waals surface area (Å²) in [5, 5.41) is 12.7. The molecule has 0 radical (unpaired) electrons. The first kappa shape index (κ1) is 36.1. The predicted molar refractivity (Wildman–Crippen MR) is 241 cm³/mol. The number of nitrogens with one attached hydrogen (secondary N) is 2. The van der Waals surface area contributed by atoms with Gasteiger partial charge in [-0.2, -0.15) is 0 Å². The molecule has 2 unspecified atom stereocenters. The molecule has 0 aromatic heterocycles. The number of nitrogens with zero attached hydrogens (tertiary/aromatic N) is 1. The number of rotatable bonds is 8. The largest absolute Gasteiger partial charge is 0.366 e. The average molecular weight is 724 g/mol. The summed E-state index contributed by atoms with van der Waals surface area (Å²) >= 11 is 0. The van der Waals surface area contributed by atoms with Gasteiger partial charge in [-0.1, -0.05) is 195 Å². The fourth-order valence-electron chi connectivity index (χ4n) is 7.76. The van der Waals surface area contributed by atoms with Crippen molar-refractivity contribution in [1.82, 2.24) is 5.32 Å². The molecule has 0 spiro atoms. The molecule has 0 aliphatic carbocycles. The van der Waals surface area contributed by atoms with Crippen molar-refractivity contribution in [2.75, 3.05) is 17.3 Å². The number of allylic oxidation sites excluding steroid dienone is 4. The lowest BCUT2D eigenvalue weighted by molar-refractivity contribution is 0.506. The van der Waals surface area contributed by atoms with Crippen LogP contribution in [-0.2, 0) is 0 Å². The highest BCUT2D eigenvalue weighted by Gasteiger charge is 2.28. The summed E-state index contributed by atoms with van der Waals surface area (Å²) in [7, 11) is 2.16. The molecular formula is C53H45N3. The minimum atomic E-state index is -0.0486. The number of para-hydroxylation sites is 1. The Morgan fingerprint density at radius 2 is 1.12 bits per heavy atom. The Hall–Kier alpha value is -6.94. The first-order valence-corrected chi connectivity index (χ1v) is 19.1. The fourth-order valence-corrected chi connectivity index (χ4v) is 7.76. The average Bonchev–Trinajstić information content (AvgIpc) is 3.27. The summed E-state index contributed by atoms with van der Waals surface area (Å²) in [6.45, 7) is 6.93. The Balaban J connectivity index is 0.000000684. The van der Waals surface area contributed by atoms with Crippen molar-refractivity contribution in [1.29, 1.82) is 0 Å². The van der Waals surface area contributed by atoms with Crippen LogP contribution in [0.2, 0.25) is 0 Å². The molecule has 1 aliphatic rings. The SMILES string of the molecule is C=C/C=C\C=C.CN(c1ccc(C2Nc3ccccc3C(c3ccc(-c4cccc5ccccc45)cc3)N2)cc1)c1ccc2ccccc2c1-c1ccccc1. The summed E-state index contributed by atoms with van der Waals surface area (Å²) in [6, 6.07) is 65.7. The smallest absolute Gasteiger partial charge is 0.104 e. The molecule has 0 bridgehead atoms. The van der Waals surface area contributed by atoms with Crippen LogP contribution >= 0.6 is 0 Å². The molecular weight excluding hydrogens is 679 g/mol. The highest BCUT2D eigenvalue weighted by Crippen LogP contribution is 2.41. The lowest BCUT2D eigenvalue weighted by Gasteiger charge is -2.35. The highest BCUT2D eigenvalue weighted by molar-refractivity contribution is 6.04. The van der Waals surface area contributed by atoms with Gasteiger partial charge < -0.3 is 10.2 Å². The monoisotopic (exact) mass is 723 g/mol. The van der Waals surface area contributed by atoms with Gasteiger partial charge in [0.15, 0.2) is 0 Å². The molecule has 8 aromatic carbocycles. The Labute approximate surface area is 330 Å². The van der Waals surface area contributed by atoms with Crippen LogP contribution in [0.4, 0.5) is 17.1 Å². The van der Waals surface area contributed by atoms with Crippen LogP contribution in [0.3, 0.4) is 0 Å². The second-order valence-corrected chi connectivity index (χ2v) is 14.0. The second kappa shape index (κ2) is 16.6. The number of hydrogen-bond acceptors (Lipinski definition) is 3. The van der Waals surface area contributed by atoms with E-state index in [1.165, 1.54) is 66.2 Å². The van der Waals surface area contributed by atoms with Crippen molar-refractivity contribution in [2.45, 2.75) is 12.2 Å². The third kappa shape index (κ3) is 7.41. The van der Waals surface area contributed by atoms with Gasteiger partial charge in [-0.15, -0.1) is 0 Å². The van der Waals surface area contributed by atoms with Gasteiger partial charge in [-0.25, -0.2) is 0 Å². The van der Waals surface area contributed by atoms with Crippen molar-refractivity contribution >= 4 is 38.6 Å². The van der Waals surface area contributed by atoms with Crippen LogP contribution in [0.1, 0.15) is 28.9 Å². The van der Waals surface area contributed by atoms with Crippen LogP contribution in [0.5, 0.6) is 0 Å². The molecule has 0 saturated carbocycles. The summed E-state index contributed by atoms with van der Waals surface area (Å²) in [5.74, 6) is 0. The van der Waals surface area contributed by atoms with Gasteiger partial charge >= 0.3 is 0 Å². The first-order valence-electron chi connectivity index (χ1n) is 19.1. The molecule has 3 heteroatoms. The van der Waals surface area contributed by atoms with Crippen LogP contribution < -0.4 is 15.5 Å². The zero-order valence-corrected chi connectivity index (χ0v) is 31.6. The highest BCUT2D eigenvalue weighted by atomic mass is 15.2. The quantitative estimate of drug-likeness (QED) is 0.153. The molecule has 8 aromatic rings. The van der Waals surface area contributed by atoms with Crippen molar-refractivity contribution in [3.05, 3.63) is 236 Å². The minimum absolute atomic E-state index is 0.0485. The zero-order valence-electron chi connectivity index (χ0n) is 31.6. The molecule has 272 valence electrons. The van der Waals surface area contributed by atoms with E-state index in [-0.39, 0.29) is 12.2 Å². The van der Waals surface area contributed by atoms with Crippen LogP contribution in [0.15, 0.2) is 219 Å². The molecule has 56 heavy (non-hydrogen) atoms. The summed E-state index contributed by atoms with van der Waals surface area (Å²) < 4.78 is 0. The topological polar surface area (TPSA) is 27.3 Å². The van der Waals surface area contributed by atoms with E-state index in [1.807, 2.05) is 12.2 Å². The van der Waals surface area contributed by atoms with Crippen molar-refractivity contribution in [3.8, 4) is 22.3 Å². The van der Waals surface area contributed by atoms with E-state index in [0.29, 0.717) is 0 Å². The number of hydrogen-bond donors (Lipinski definition) is 2. The predicted octanol–water partition coefficient (Wildman–Crippen LogP) is 13.8. The Morgan fingerprint density at radius 3 is 1.86 bits per heavy atom. The molecule has 9 rings (SSSR count). The van der Waals surface area contributed by atoms with Gasteiger partial charge in [0.05, 0.1) is 6.04 Å². The number of anilines is 3. The van der Waals surface area contributed by atoms with Gasteiger partial charge in [-0.05, 0) is 79.2 Å². The van der Waals surface area contributed by atoms with E-state index >= 15 is 0 Å². The second-order valence-electron chi connectivity index (χ2n) is 14.0. The van der Waals surface area contributed by atoms with E-state index in [0.717, 1.165) is 11.4 Å². The van der Waals surface area contributed by atoms with Crippen molar-refractivity contribution in [2.24, 2.45) is 0 Å². The maximum Gasteiger partial charge on any atom is 0.104 e. The minimum Gasteiger partial charge on any atom is -0.366 e. The first-order chi connectivity index (χ1) is 27.6. The standard InChI is InChI=1S/C47H37N3.C6H8/c1-50(44-31-28-33-13-6-8-18-41(33)45(44)35-14-3-2-4-15-35)38-29-26-37(27-30-38)47-48-43-21-10-9-19-42(43)46(49-47)36-24-22-34(23-25-36)40-20-11-16-32-12-5-7-17-39(32)40;1-3-5-6-4-2/h2-31,46-49H,1H3;3-6H,1-2H2/b;6-5-. The third-order valence-corrected chi connectivity index (χ3v) is 10.6. The maximum atomic E-state index is 3.94. The van der Waals surface area contributed by atoms with E-state index in [2.05, 4.69) is 218 Å². The van der Waals surface area contributed by atoms with Crippen LogP contribution in [0.25, 0.3) is 43.8 Å². The maximum absolute atomic E-state index is 3.94. The number of benzene rings is 8. The molecule has 0 fully saturated rings. The zero-order chi connectivity index (χ0) is 38.3. The van der Waals surface area contributed by atoms with E-state index in [1.54, 1.807) is 12.2 Å². The lowest BCUT2D eigenvalue weighted by Crippen LogP contribution is -2.37. The van der Waals surface area contributed by atoms with E-state index in [9.17, 15) is 0 Å². The lowest BCUT2D eigenvalue weighted by atomic mass is 9.91. The van der Waals surface area contributed by atoms with Gasteiger partial charge in [0.1, 0.15) is 6.17 Å². The molecule has 1 heterocycles. The molecule has 3 nitrogen and oxygen atoms in total. The van der Waals surface area contributed by atoms with Gasteiger partial charge in [0.2, 0.25) is 0 Å². The van der Waals surface area contributed by atoms with E-state index < -0.39 is 0 Å². The number of fused-ring (bicyclic) bond motifs is 3. The molecule has 2 N–H and O–H groups in total. The third-order valence-electron chi connectivity index (χ3n) is 10.6. The summed E-state index contributed by atoms with van der Waals surface area (Å²) in [6.07, 6.45) is 7.02. The van der Waals surface area contributed by atoms with Gasteiger partial charge in [-0.3, -0.25) is 5.32 Å². The molecule has 0 amide bonds. The molecule has 0 saturated heterocycles. The van der Waals surface area contributed by atoms with E-state index in [4.69, 9.17) is 0 Å². The normalized spacial score (nSPS) is 14.7. The van der Waals surface area contributed by atoms with Crippen molar-refractivity contribution < 1.29 is 0 Å². The Kier molecular flexibility index (Phi) is 10.7. The van der Waals surface area contributed by atoms with Gasteiger partial charge in [0.25, 0.3) is 0 Å². The summed E-state index contributed by atoms with van der Waals surface area (Å²) in [5.41, 5.74) is 12.1. The van der Waals surface area contributed by atoms with Gasteiger partial charge in [0, 0.05) is 29.7 Å². The Bertz CT molecular complexity index is 2620. The molecule has 1 aliphatic heterocycles. The summed E-state index contributed by atoms with van der Waals surface area (Å²) in [4.78, 5) is 2.30. The van der Waals surface area contributed by atoms with Crippen LogP contribution in [0, 0.1) is 0 Å².